The number of carbonyl (C=O) groups is 1. The molecule has 2 saturated heterocycles. The molecule has 176 valence electrons. The Bertz CT molecular complexity index is 935. The van der Waals surface area contributed by atoms with Crippen LogP contribution in [0.2, 0.25) is 0 Å². The summed E-state index contributed by atoms with van der Waals surface area (Å²) in [6, 6.07) is 17.2. The van der Waals surface area contributed by atoms with Gasteiger partial charge in [0, 0.05) is 12.6 Å². The Morgan fingerprint density at radius 3 is 2.48 bits per heavy atom. The van der Waals surface area contributed by atoms with Crippen molar-refractivity contribution < 1.29 is 18.7 Å². The number of likely N-dealkylation sites (tertiary alicyclic amines) is 1. The third-order valence-electron chi connectivity index (χ3n) is 7.93. The molecule has 1 aliphatic carbocycles. The van der Waals surface area contributed by atoms with Crippen LogP contribution in [-0.2, 0) is 20.9 Å². The Hall–Kier alpha value is -2.24. The molecule has 0 aromatic heterocycles. The minimum atomic E-state index is -0.761. The molecule has 2 aromatic rings. The minimum absolute atomic E-state index is 0.176. The minimum Gasteiger partial charge on any atom is -0.459 e. The Balaban J connectivity index is 1.17. The average Bonchev–Trinajstić information content (AvgIpc) is 3.70. The zero-order valence-electron chi connectivity index (χ0n) is 19.4. The lowest BCUT2D eigenvalue weighted by molar-refractivity contribution is -0.190. The maximum absolute atomic E-state index is 13.3. The highest BCUT2D eigenvalue weighted by atomic mass is 19.1. The molecule has 0 radical (unpaired) electrons. The monoisotopic (exact) mass is 451 g/mol. The number of halogens is 1. The van der Waals surface area contributed by atoms with E-state index in [1.54, 1.807) is 12.1 Å². The number of rotatable bonds is 6. The molecule has 5 rings (SSSR count). The third-order valence-corrected chi connectivity index (χ3v) is 7.93. The van der Waals surface area contributed by atoms with Crippen LogP contribution in [0.4, 0.5) is 4.39 Å². The average molecular weight is 452 g/mol. The van der Waals surface area contributed by atoms with E-state index in [9.17, 15) is 9.18 Å². The maximum atomic E-state index is 13.3. The molecule has 5 heteroatoms. The first-order valence-electron chi connectivity index (χ1n) is 12.4. The quantitative estimate of drug-likeness (QED) is 0.557. The van der Waals surface area contributed by atoms with Crippen molar-refractivity contribution in [3.05, 3.63) is 71.5 Å². The molecule has 4 atom stereocenters. The highest BCUT2D eigenvalue weighted by Gasteiger charge is 2.55. The molecule has 0 N–H and O–H groups in total. The van der Waals surface area contributed by atoms with E-state index >= 15 is 0 Å². The third kappa shape index (κ3) is 4.85. The molecule has 0 bridgehead atoms. The van der Waals surface area contributed by atoms with Crippen molar-refractivity contribution in [2.45, 2.75) is 63.2 Å². The van der Waals surface area contributed by atoms with Crippen molar-refractivity contribution >= 4 is 5.97 Å². The predicted molar refractivity (Wildman–Crippen MR) is 125 cm³/mol. The number of nitrogens with zero attached hydrogens (tertiary/aromatic N) is 1. The molecule has 0 amide bonds. The molecule has 3 aliphatic rings. The summed E-state index contributed by atoms with van der Waals surface area (Å²) in [5, 5.41) is 0. The lowest BCUT2D eigenvalue weighted by Gasteiger charge is -2.46. The van der Waals surface area contributed by atoms with Crippen LogP contribution < -0.4 is 0 Å². The van der Waals surface area contributed by atoms with Gasteiger partial charge in [0.15, 0.2) is 5.60 Å². The van der Waals surface area contributed by atoms with Gasteiger partial charge in [0.2, 0.25) is 0 Å². The normalized spacial score (nSPS) is 30.7. The van der Waals surface area contributed by atoms with Gasteiger partial charge in [0.05, 0.1) is 6.61 Å². The van der Waals surface area contributed by atoms with E-state index in [0.29, 0.717) is 37.0 Å². The van der Waals surface area contributed by atoms with E-state index in [1.807, 2.05) is 42.5 Å². The van der Waals surface area contributed by atoms with Gasteiger partial charge in [-0.05, 0) is 79.7 Å². The first kappa shape index (κ1) is 22.5. The highest BCUT2D eigenvalue weighted by Crippen LogP contribution is 2.48. The summed E-state index contributed by atoms with van der Waals surface area (Å²) < 4.78 is 25.5. The smallest absolute Gasteiger partial charge is 0.339 e. The van der Waals surface area contributed by atoms with Crippen molar-refractivity contribution in [2.24, 2.45) is 11.8 Å². The molecule has 2 heterocycles. The first-order chi connectivity index (χ1) is 16.0. The number of benzene rings is 2. The second-order valence-corrected chi connectivity index (χ2v) is 10.1. The van der Waals surface area contributed by atoms with E-state index in [2.05, 4.69) is 11.8 Å². The van der Waals surface area contributed by atoms with Gasteiger partial charge in [-0.25, -0.2) is 9.18 Å². The van der Waals surface area contributed by atoms with Gasteiger partial charge >= 0.3 is 5.97 Å². The molecule has 4 nitrogen and oxygen atoms in total. The van der Waals surface area contributed by atoms with Gasteiger partial charge in [-0.2, -0.15) is 0 Å². The lowest BCUT2D eigenvalue weighted by Crippen LogP contribution is -2.55. The first-order valence-corrected chi connectivity index (χ1v) is 12.4. The largest absolute Gasteiger partial charge is 0.459 e. The van der Waals surface area contributed by atoms with Gasteiger partial charge in [0.25, 0.3) is 0 Å². The highest BCUT2D eigenvalue weighted by molar-refractivity contribution is 5.80. The topological polar surface area (TPSA) is 38.8 Å². The fourth-order valence-electron chi connectivity index (χ4n) is 5.83. The SMILES string of the molecule is C[C@@H]1CN([C@@H]2CC[C@@](C(=O)OCc3ccccc3)(C3CC3)OC2)CC[C@H]1c1ccc(F)cc1. The van der Waals surface area contributed by atoms with Crippen molar-refractivity contribution in [2.75, 3.05) is 19.7 Å². The fourth-order valence-corrected chi connectivity index (χ4v) is 5.83. The number of piperidine rings is 1. The Morgan fingerprint density at radius 2 is 1.85 bits per heavy atom. The van der Waals surface area contributed by atoms with Gasteiger partial charge in [-0.3, -0.25) is 4.90 Å². The van der Waals surface area contributed by atoms with E-state index in [1.165, 1.54) is 5.56 Å². The summed E-state index contributed by atoms with van der Waals surface area (Å²) in [5.74, 6) is 0.894. The fraction of sp³-hybridized carbons (Fsp3) is 0.536. The second kappa shape index (κ2) is 9.55. The maximum Gasteiger partial charge on any atom is 0.339 e. The van der Waals surface area contributed by atoms with Crippen LogP contribution in [0, 0.1) is 17.7 Å². The summed E-state index contributed by atoms with van der Waals surface area (Å²) in [6.07, 6.45) is 4.86. The lowest BCUT2D eigenvalue weighted by atomic mass is 9.80. The van der Waals surface area contributed by atoms with E-state index in [0.717, 1.165) is 50.8 Å². The summed E-state index contributed by atoms with van der Waals surface area (Å²) in [6.45, 7) is 5.19. The Morgan fingerprint density at radius 1 is 1.09 bits per heavy atom. The summed E-state index contributed by atoms with van der Waals surface area (Å²) in [5.41, 5.74) is 1.48. The van der Waals surface area contributed by atoms with Gasteiger partial charge in [-0.15, -0.1) is 0 Å². The van der Waals surface area contributed by atoms with Crippen LogP contribution in [0.5, 0.6) is 0 Å². The molecule has 3 fully saturated rings. The van der Waals surface area contributed by atoms with Crippen LogP contribution >= 0.6 is 0 Å². The summed E-state index contributed by atoms with van der Waals surface area (Å²) in [4.78, 5) is 15.7. The molecular formula is C28H34FNO3. The van der Waals surface area contributed by atoms with Crippen LogP contribution in [0.1, 0.15) is 56.1 Å². The summed E-state index contributed by atoms with van der Waals surface area (Å²) in [7, 11) is 0. The second-order valence-electron chi connectivity index (χ2n) is 10.1. The van der Waals surface area contributed by atoms with Crippen LogP contribution in [0.15, 0.2) is 54.6 Å². The van der Waals surface area contributed by atoms with Crippen molar-refractivity contribution in [3.8, 4) is 0 Å². The van der Waals surface area contributed by atoms with Crippen LogP contribution in [0.3, 0.4) is 0 Å². The van der Waals surface area contributed by atoms with Crippen LogP contribution in [-0.4, -0.2) is 42.2 Å². The molecular weight excluding hydrogens is 417 g/mol. The van der Waals surface area contributed by atoms with Crippen molar-refractivity contribution in [1.82, 2.24) is 4.90 Å². The Labute approximate surface area is 196 Å². The van der Waals surface area contributed by atoms with E-state index in [-0.39, 0.29) is 11.8 Å². The molecule has 0 spiro atoms. The van der Waals surface area contributed by atoms with Crippen LogP contribution in [0.25, 0.3) is 0 Å². The van der Waals surface area contributed by atoms with Gasteiger partial charge in [0.1, 0.15) is 12.4 Å². The van der Waals surface area contributed by atoms with Gasteiger partial charge < -0.3 is 9.47 Å². The van der Waals surface area contributed by atoms with Crippen molar-refractivity contribution in [1.29, 1.82) is 0 Å². The van der Waals surface area contributed by atoms with Gasteiger partial charge in [-0.1, -0.05) is 49.4 Å². The number of hydrogen-bond acceptors (Lipinski definition) is 4. The molecule has 2 aliphatic heterocycles. The molecule has 33 heavy (non-hydrogen) atoms. The molecule has 2 aromatic carbocycles. The standard InChI is InChI=1S/C28H34FNO3/c1-20-17-30(16-14-26(20)22-7-11-24(29)12-8-22)25-13-15-28(33-19-25,23-9-10-23)27(31)32-18-21-5-3-2-4-6-21/h2-8,11-12,20,23,25-26H,9-10,13-19H2,1H3/t20-,25-,26-,28+/m1/s1. The number of ether oxygens (including phenoxy) is 2. The van der Waals surface area contributed by atoms with Crippen molar-refractivity contribution in [3.63, 3.8) is 0 Å². The zero-order valence-corrected chi connectivity index (χ0v) is 19.4. The predicted octanol–water partition coefficient (Wildman–Crippen LogP) is 5.32. The molecule has 0 unspecified atom stereocenters. The Kier molecular flexibility index (Phi) is 6.53. The van der Waals surface area contributed by atoms with E-state index < -0.39 is 5.60 Å². The van der Waals surface area contributed by atoms with E-state index in [4.69, 9.17) is 9.47 Å². The zero-order chi connectivity index (χ0) is 22.8. The summed E-state index contributed by atoms with van der Waals surface area (Å²) >= 11 is 0. The number of esters is 1. The molecule has 1 saturated carbocycles. The number of carbonyl (C=O) groups excluding carboxylic acids is 1. The number of hydrogen-bond donors (Lipinski definition) is 0.